The van der Waals surface area contributed by atoms with Crippen LogP contribution in [0.4, 0.5) is 22.9 Å². The van der Waals surface area contributed by atoms with E-state index in [4.69, 9.17) is 14.2 Å². The number of carbonyl (C=O) groups excluding carboxylic acids is 3. The molecule has 0 unspecified atom stereocenters. The highest BCUT2D eigenvalue weighted by molar-refractivity contribution is 6.04. The summed E-state index contributed by atoms with van der Waals surface area (Å²) in [4.78, 5) is 51.6. The number of anilines is 3. The largest absolute Gasteiger partial charge is 0.493 e. The summed E-state index contributed by atoms with van der Waals surface area (Å²) in [7, 11) is 3.22. The second kappa shape index (κ2) is 13.4. The molecule has 0 radical (unpaired) electrons. The monoisotopic (exact) mass is 615 g/mol. The summed E-state index contributed by atoms with van der Waals surface area (Å²) in [6, 6.07) is 11.0. The molecule has 13 nitrogen and oxygen atoms in total. The zero-order valence-corrected chi connectivity index (χ0v) is 25.5. The van der Waals surface area contributed by atoms with E-state index in [0.29, 0.717) is 48.1 Å². The van der Waals surface area contributed by atoms with Gasteiger partial charge in [0, 0.05) is 63.0 Å². The smallest absolute Gasteiger partial charge is 0.291 e. The molecule has 2 fully saturated rings. The van der Waals surface area contributed by atoms with Crippen molar-refractivity contribution < 1.29 is 28.6 Å². The Morgan fingerprint density at radius 2 is 1.87 bits per heavy atom. The van der Waals surface area contributed by atoms with Crippen molar-refractivity contribution in [2.75, 3.05) is 62.1 Å². The number of methoxy groups -OCH3 is 1. The summed E-state index contributed by atoms with van der Waals surface area (Å²) in [5.41, 5.74) is 2.76. The summed E-state index contributed by atoms with van der Waals surface area (Å²) < 4.78 is 18.4. The summed E-state index contributed by atoms with van der Waals surface area (Å²) in [6.07, 6.45) is 5.89. The standard InChI is InChI=1S/C32H37N7O6/c1-37-20-28(36-30(37)31(41)34-21-7-9-22(10-8-21)38-12-15-44-16-13-38)35-29(40)6-4-14-45-27-18-25-24(17-26(27)43-2)32(42)39-11-3-5-23(39)19-33-25/h7-10,17-20,23H,3-6,11-16H2,1-2H3,(H,34,41)(H,35,40)/t23-/m0/s1. The average molecular weight is 616 g/mol. The maximum absolute atomic E-state index is 13.1. The third-order valence-corrected chi connectivity index (χ3v) is 8.11. The number of nitrogens with zero attached hydrogens (tertiary/aromatic N) is 5. The first-order valence-electron chi connectivity index (χ1n) is 15.2. The van der Waals surface area contributed by atoms with Gasteiger partial charge in [-0.05, 0) is 49.6 Å². The highest BCUT2D eigenvalue weighted by atomic mass is 16.5. The average Bonchev–Trinajstić information content (AvgIpc) is 3.65. The Bertz CT molecular complexity index is 1600. The summed E-state index contributed by atoms with van der Waals surface area (Å²) in [5.74, 6) is 0.652. The Morgan fingerprint density at radius 1 is 1.07 bits per heavy atom. The Balaban J connectivity index is 0.992. The molecular weight excluding hydrogens is 578 g/mol. The fourth-order valence-corrected chi connectivity index (χ4v) is 5.74. The zero-order valence-electron chi connectivity index (χ0n) is 25.5. The van der Waals surface area contributed by atoms with E-state index in [-0.39, 0.29) is 48.4 Å². The van der Waals surface area contributed by atoms with Crippen molar-refractivity contribution in [2.24, 2.45) is 12.0 Å². The molecule has 6 rings (SSSR count). The van der Waals surface area contributed by atoms with Gasteiger partial charge in [-0.2, -0.15) is 0 Å². The Hall–Kier alpha value is -4.91. The van der Waals surface area contributed by atoms with Crippen LogP contribution >= 0.6 is 0 Å². The van der Waals surface area contributed by atoms with E-state index in [2.05, 4.69) is 25.5 Å². The quantitative estimate of drug-likeness (QED) is 0.330. The molecular formula is C32H37N7O6. The van der Waals surface area contributed by atoms with Crippen molar-refractivity contribution in [1.82, 2.24) is 14.5 Å². The van der Waals surface area contributed by atoms with Crippen LogP contribution in [0, 0.1) is 0 Å². The SMILES string of the molecule is COc1cc2c(cc1OCCCC(=O)Nc1cn(C)c(C(=O)Nc3ccc(N4CCOCC4)cc3)n1)N=C[C@@H]1CCCN1C2=O. The summed E-state index contributed by atoms with van der Waals surface area (Å²) in [6.45, 7) is 4.04. The van der Waals surface area contributed by atoms with Gasteiger partial charge in [0.2, 0.25) is 11.7 Å². The molecule has 2 N–H and O–H groups in total. The van der Waals surface area contributed by atoms with E-state index in [1.54, 1.807) is 29.9 Å². The topological polar surface area (TPSA) is 140 Å². The van der Waals surface area contributed by atoms with Crippen LogP contribution in [0.5, 0.6) is 11.5 Å². The molecule has 13 heteroatoms. The van der Waals surface area contributed by atoms with Crippen LogP contribution in [-0.2, 0) is 16.6 Å². The van der Waals surface area contributed by atoms with Gasteiger partial charge in [0.25, 0.3) is 11.8 Å². The Labute approximate surface area is 261 Å². The minimum Gasteiger partial charge on any atom is -0.493 e. The van der Waals surface area contributed by atoms with Crippen molar-refractivity contribution in [2.45, 2.75) is 31.7 Å². The number of aliphatic imine (C=N–C) groups is 1. The van der Waals surface area contributed by atoms with Crippen LogP contribution in [0.3, 0.4) is 0 Å². The number of morpholine rings is 1. The molecule has 45 heavy (non-hydrogen) atoms. The van der Waals surface area contributed by atoms with Gasteiger partial charge in [0.15, 0.2) is 17.3 Å². The molecule has 4 heterocycles. The molecule has 0 spiro atoms. The maximum Gasteiger partial charge on any atom is 0.291 e. The van der Waals surface area contributed by atoms with Crippen molar-refractivity contribution in [3.05, 3.63) is 54.0 Å². The lowest BCUT2D eigenvalue weighted by atomic mass is 10.1. The molecule has 0 saturated carbocycles. The number of ether oxygens (including phenoxy) is 3. The highest BCUT2D eigenvalue weighted by Gasteiger charge is 2.32. The van der Waals surface area contributed by atoms with Gasteiger partial charge in [0.05, 0.1) is 44.2 Å². The third-order valence-electron chi connectivity index (χ3n) is 8.11. The second-order valence-electron chi connectivity index (χ2n) is 11.2. The van der Waals surface area contributed by atoms with E-state index < -0.39 is 0 Å². The van der Waals surface area contributed by atoms with Gasteiger partial charge in [-0.25, -0.2) is 4.98 Å². The predicted octanol–water partition coefficient (Wildman–Crippen LogP) is 3.64. The van der Waals surface area contributed by atoms with E-state index in [1.165, 1.54) is 7.11 Å². The molecule has 236 valence electrons. The van der Waals surface area contributed by atoms with Crippen molar-refractivity contribution in [3.8, 4) is 11.5 Å². The molecule has 3 amide bonds. The second-order valence-corrected chi connectivity index (χ2v) is 11.2. The minimum atomic E-state index is -0.383. The fourth-order valence-electron chi connectivity index (χ4n) is 5.74. The molecule has 1 atom stereocenters. The number of rotatable bonds is 10. The fraction of sp³-hybridized carbons (Fsp3) is 0.406. The maximum atomic E-state index is 13.1. The van der Waals surface area contributed by atoms with Crippen LogP contribution in [0.25, 0.3) is 0 Å². The molecule has 2 saturated heterocycles. The van der Waals surface area contributed by atoms with Gasteiger partial charge in [-0.3, -0.25) is 19.4 Å². The lowest BCUT2D eigenvalue weighted by molar-refractivity contribution is -0.116. The number of amides is 3. The molecule has 2 aromatic carbocycles. The molecule has 3 aliphatic rings. The zero-order chi connectivity index (χ0) is 31.3. The number of hydrogen-bond acceptors (Lipinski definition) is 9. The van der Waals surface area contributed by atoms with Crippen LogP contribution < -0.4 is 25.0 Å². The first kappa shape index (κ1) is 30.1. The highest BCUT2D eigenvalue weighted by Crippen LogP contribution is 2.38. The number of aromatic nitrogens is 2. The van der Waals surface area contributed by atoms with Crippen LogP contribution in [0.15, 0.2) is 47.6 Å². The van der Waals surface area contributed by atoms with E-state index in [0.717, 1.165) is 38.2 Å². The predicted molar refractivity (Wildman–Crippen MR) is 169 cm³/mol. The van der Waals surface area contributed by atoms with Crippen LogP contribution in [0.2, 0.25) is 0 Å². The number of hydrogen-bond donors (Lipinski definition) is 2. The van der Waals surface area contributed by atoms with Gasteiger partial charge in [-0.1, -0.05) is 0 Å². The molecule has 0 bridgehead atoms. The van der Waals surface area contributed by atoms with Crippen LogP contribution in [0.1, 0.15) is 46.7 Å². The Morgan fingerprint density at radius 3 is 2.64 bits per heavy atom. The Kier molecular flexibility index (Phi) is 8.96. The molecule has 3 aliphatic heterocycles. The molecule has 0 aliphatic carbocycles. The molecule has 1 aromatic heterocycles. The number of aryl methyl sites for hydroxylation is 1. The minimum absolute atomic E-state index is 0.0153. The van der Waals surface area contributed by atoms with Crippen molar-refractivity contribution in [1.29, 1.82) is 0 Å². The number of benzene rings is 2. The summed E-state index contributed by atoms with van der Waals surface area (Å²) >= 11 is 0. The first-order valence-corrected chi connectivity index (χ1v) is 15.2. The van der Waals surface area contributed by atoms with Gasteiger partial charge in [-0.15, -0.1) is 0 Å². The normalized spacial score (nSPS) is 17.4. The van der Waals surface area contributed by atoms with E-state index >= 15 is 0 Å². The number of fused-ring (bicyclic) bond motifs is 2. The number of carbonyl (C=O) groups is 3. The van der Waals surface area contributed by atoms with E-state index in [9.17, 15) is 14.4 Å². The lowest BCUT2D eigenvalue weighted by Crippen LogP contribution is -2.36. The first-order chi connectivity index (χ1) is 21.9. The third kappa shape index (κ3) is 6.78. The van der Waals surface area contributed by atoms with Crippen LogP contribution in [-0.4, -0.2) is 91.0 Å². The van der Waals surface area contributed by atoms with Crippen molar-refractivity contribution in [3.63, 3.8) is 0 Å². The summed E-state index contributed by atoms with van der Waals surface area (Å²) in [5, 5.41) is 5.61. The molecule has 3 aromatic rings. The lowest BCUT2D eigenvalue weighted by Gasteiger charge is -2.28. The van der Waals surface area contributed by atoms with Gasteiger partial charge >= 0.3 is 0 Å². The number of imidazole rings is 1. The van der Waals surface area contributed by atoms with Gasteiger partial charge in [0.1, 0.15) is 0 Å². The van der Waals surface area contributed by atoms with Gasteiger partial charge < -0.3 is 39.2 Å². The number of nitrogens with one attached hydrogen (secondary N) is 2. The van der Waals surface area contributed by atoms with Crippen molar-refractivity contribution >= 4 is 46.8 Å². The van der Waals surface area contributed by atoms with E-state index in [1.807, 2.05) is 35.4 Å².